The number of aliphatic imine (C=N–C) groups is 1. The lowest BCUT2D eigenvalue weighted by molar-refractivity contribution is 0.100. The molecule has 0 bridgehead atoms. The normalized spacial score (nSPS) is 19.6. The van der Waals surface area contributed by atoms with E-state index >= 15 is 0 Å². The van der Waals surface area contributed by atoms with Gasteiger partial charge in [-0.25, -0.2) is 0 Å². The summed E-state index contributed by atoms with van der Waals surface area (Å²) in [4.78, 5) is 15.4. The molecule has 5 heteroatoms. The van der Waals surface area contributed by atoms with Crippen LogP contribution in [0.1, 0.15) is 17.3 Å². The summed E-state index contributed by atoms with van der Waals surface area (Å²) in [5, 5.41) is 4.17. The van der Waals surface area contributed by atoms with Gasteiger partial charge in [-0.3, -0.25) is 9.79 Å². The second kappa shape index (κ2) is 5.23. The monoisotopic (exact) mass is 249 g/mol. The molecule has 1 aromatic carbocycles. The first-order chi connectivity index (χ1) is 8.15. The van der Waals surface area contributed by atoms with E-state index in [4.69, 9.17) is 5.73 Å². The van der Waals surface area contributed by atoms with Crippen molar-refractivity contribution < 1.29 is 4.79 Å². The molecular formula is C12H15N3OS. The number of nitrogens with one attached hydrogen (secondary N) is 1. The van der Waals surface area contributed by atoms with E-state index in [-0.39, 0.29) is 0 Å². The summed E-state index contributed by atoms with van der Waals surface area (Å²) >= 11 is 1.72. The highest BCUT2D eigenvalue weighted by Crippen LogP contribution is 2.19. The van der Waals surface area contributed by atoms with Crippen LogP contribution in [0.25, 0.3) is 0 Å². The first-order valence-electron chi connectivity index (χ1n) is 5.49. The molecular weight excluding hydrogens is 234 g/mol. The van der Waals surface area contributed by atoms with E-state index in [1.54, 1.807) is 23.9 Å². The quantitative estimate of drug-likeness (QED) is 0.841. The topological polar surface area (TPSA) is 67.5 Å². The van der Waals surface area contributed by atoms with Crippen LogP contribution in [0.3, 0.4) is 0 Å². The molecule has 0 aliphatic carbocycles. The number of amides is 1. The van der Waals surface area contributed by atoms with Gasteiger partial charge in [0.05, 0.1) is 0 Å². The van der Waals surface area contributed by atoms with Crippen LogP contribution in [0.2, 0.25) is 0 Å². The Bertz CT molecular complexity index is 442. The highest BCUT2D eigenvalue weighted by atomic mass is 32.2. The number of hydrogen-bond acceptors (Lipinski definition) is 4. The Morgan fingerprint density at radius 3 is 2.71 bits per heavy atom. The van der Waals surface area contributed by atoms with Crippen molar-refractivity contribution >= 4 is 28.5 Å². The van der Waals surface area contributed by atoms with Crippen molar-refractivity contribution in [3.05, 3.63) is 29.8 Å². The molecule has 1 aliphatic heterocycles. The van der Waals surface area contributed by atoms with Gasteiger partial charge in [0, 0.05) is 23.5 Å². The molecule has 2 rings (SSSR count). The number of carbonyl (C=O) groups excluding carboxylic acids is 1. The van der Waals surface area contributed by atoms with Crippen LogP contribution in [0.15, 0.2) is 29.3 Å². The molecule has 0 saturated carbocycles. The number of nitrogens with zero attached hydrogens (tertiary/aromatic N) is 1. The molecule has 0 fully saturated rings. The van der Waals surface area contributed by atoms with Gasteiger partial charge in [0.15, 0.2) is 5.17 Å². The highest BCUT2D eigenvalue weighted by Gasteiger charge is 2.12. The molecule has 1 aromatic rings. The second-order valence-electron chi connectivity index (χ2n) is 4.13. The average Bonchev–Trinajstić information content (AvgIpc) is 2.33. The fourth-order valence-corrected chi connectivity index (χ4v) is 2.38. The van der Waals surface area contributed by atoms with Crippen LogP contribution >= 0.6 is 11.8 Å². The Morgan fingerprint density at radius 1 is 1.47 bits per heavy atom. The van der Waals surface area contributed by atoms with Gasteiger partial charge >= 0.3 is 0 Å². The van der Waals surface area contributed by atoms with E-state index in [0.717, 1.165) is 23.2 Å². The number of amidine groups is 1. The summed E-state index contributed by atoms with van der Waals surface area (Å²) in [6.45, 7) is 3.06. The zero-order chi connectivity index (χ0) is 12.3. The molecule has 4 nitrogen and oxygen atoms in total. The molecule has 1 atom stereocenters. The third-order valence-corrected chi connectivity index (χ3v) is 3.71. The van der Waals surface area contributed by atoms with E-state index in [9.17, 15) is 4.79 Å². The lowest BCUT2D eigenvalue weighted by Crippen LogP contribution is -2.18. The maximum Gasteiger partial charge on any atom is 0.248 e. The Kier molecular flexibility index (Phi) is 3.68. The maximum absolute atomic E-state index is 10.9. The number of carbonyl (C=O) groups is 1. The Labute approximate surface area is 105 Å². The first kappa shape index (κ1) is 12.0. The van der Waals surface area contributed by atoms with E-state index < -0.39 is 5.91 Å². The van der Waals surface area contributed by atoms with Crippen molar-refractivity contribution in [2.45, 2.75) is 6.92 Å². The summed E-state index contributed by atoms with van der Waals surface area (Å²) < 4.78 is 0. The van der Waals surface area contributed by atoms with Gasteiger partial charge in [-0.05, 0) is 30.2 Å². The van der Waals surface area contributed by atoms with Crippen LogP contribution in [-0.2, 0) is 0 Å². The lowest BCUT2D eigenvalue weighted by atomic mass is 10.2. The summed E-state index contributed by atoms with van der Waals surface area (Å²) in [6, 6.07) is 7.09. The minimum atomic E-state index is -0.408. The molecule has 3 N–H and O–H groups in total. The van der Waals surface area contributed by atoms with Gasteiger partial charge in [-0.2, -0.15) is 0 Å². The molecule has 1 heterocycles. The summed E-state index contributed by atoms with van der Waals surface area (Å²) in [7, 11) is 0. The minimum absolute atomic E-state index is 0.408. The number of primary amides is 1. The van der Waals surface area contributed by atoms with Crippen molar-refractivity contribution in [2.75, 3.05) is 17.6 Å². The number of benzene rings is 1. The van der Waals surface area contributed by atoms with Crippen LogP contribution < -0.4 is 11.1 Å². The van der Waals surface area contributed by atoms with Crippen LogP contribution in [0.4, 0.5) is 5.69 Å². The zero-order valence-electron chi connectivity index (χ0n) is 9.64. The molecule has 1 aliphatic rings. The Balaban J connectivity index is 2.02. The van der Waals surface area contributed by atoms with Gasteiger partial charge in [-0.1, -0.05) is 18.7 Å². The maximum atomic E-state index is 10.9. The van der Waals surface area contributed by atoms with E-state index in [0.29, 0.717) is 11.5 Å². The zero-order valence-corrected chi connectivity index (χ0v) is 10.5. The van der Waals surface area contributed by atoms with Gasteiger partial charge in [0.2, 0.25) is 5.91 Å². The van der Waals surface area contributed by atoms with E-state index in [1.807, 2.05) is 12.1 Å². The van der Waals surface area contributed by atoms with Crippen LogP contribution in [-0.4, -0.2) is 23.4 Å². The van der Waals surface area contributed by atoms with Gasteiger partial charge < -0.3 is 11.1 Å². The molecule has 0 radical (unpaired) electrons. The van der Waals surface area contributed by atoms with E-state index in [1.165, 1.54) is 0 Å². The minimum Gasteiger partial charge on any atom is -0.366 e. The van der Waals surface area contributed by atoms with Crippen molar-refractivity contribution in [3.8, 4) is 0 Å². The largest absolute Gasteiger partial charge is 0.366 e. The summed E-state index contributed by atoms with van der Waals surface area (Å²) in [5.41, 5.74) is 6.62. The van der Waals surface area contributed by atoms with Gasteiger partial charge in [0.1, 0.15) is 0 Å². The Morgan fingerprint density at radius 2 is 2.18 bits per heavy atom. The van der Waals surface area contributed by atoms with Crippen molar-refractivity contribution in [1.82, 2.24) is 0 Å². The number of nitrogens with two attached hydrogens (primary N) is 1. The number of anilines is 1. The SMILES string of the molecule is CC1CN=C(Nc2ccc(C(N)=O)cc2)SC1. The third kappa shape index (κ3) is 3.23. The van der Waals surface area contributed by atoms with Crippen molar-refractivity contribution in [1.29, 1.82) is 0 Å². The first-order valence-corrected chi connectivity index (χ1v) is 6.48. The predicted molar refractivity (Wildman–Crippen MR) is 72.5 cm³/mol. The summed E-state index contributed by atoms with van der Waals surface area (Å²) in [6.07, 6.45) is 0. The number of hydrogen-bond donors (Lipinski definition) is 2. The lowest BCUT2D eigenvalue weighted by Gasteiger charge is -2.17. The smallest absolute Gasteiger partial charge is 0.248 e. The molecule has 1 unspecified atom stereocenters. The van der Waals surface area contributed by atoms with Crippen molar-refractivity contribution in [2.24, 2.45) is 16.6 Å². The fourth-order valence-electron chi connectivity index (χ4n) is 1.48. The van der Waals surface area contributed by atoms with Crippen LogP contribution in [0, 0.1) is 5.92 Å². The molecule has 1 amide bonds. The predicted octanol–water partition coefficient (Wildman–Crippen LogP) is 1.94. The molecule has 0 aromatic heterocycles. The highest BCUT2D eigenvalue weighted by molar-refractivity contribution is 8.14. The molecule has 0 spiro atoms. The summed E-state index contributed by atoms with van der Waals surface area (Å²) in [5.74, 6) is 1.32. The van der Waals surface area contributed by atoms with Crippen LogP contribution in [0.5, 0.6) is 0 Å². The molecule has 17 heavy (non-hydrogen) atoms. The Hall–Kier alpha value is -1.49. The molecule has 0 saturated heterocycles. The average molecular weight is 249 g/mol. The number of rotatable bonds is 2. The standard InChI is InChI=1S/C12H15N3OS/c1-8-6-14-12(17-7-8)15-10-4-2-9(3-5-10)11(13)16/h2-5,8H,6-7H2,1H3,(H2,13,16)(H,14,15). The van der Waals surface area contributed by atoms with Gasteiger partial charge in [0.25, 0.3) is 0 Å². The van der Waals surface area contributed by atoms with Gasteiger partial charge in [-0.15, -0.1) is 0 Å². The second-order valence-corrected chi connectivity index (χ2v) is 5.14. The fraction of sp³-hybridized carbons (Fsp3) is 0.333. The number of thioether (sulfide) groups is 1. The molecule has 90 valence electrons. The van der Waals surface area contributed by atoms with Crippen molar-refractivity contribution in [3.63, 3.8) is 0 Å². The van der Waals surface area contributed by atoms with E-state index in [2.05, 4.69) is 17.2 Å². The third-order valence-electron chi connectivity index (χ3n) is 2.47.